The number of Topliss-reactive ketones (excluding diaryl/α,β-unsaturated/α-hetero) is 1. The van der Waals surface area contributed by atoms with Gasteiger partial charge in [-0.05, 0) is 53.1 Å². The van der Waals surface area contributed by atoms with Crippen LogP contribution in [0.2, 0.25) is 0 Å². The second-order valence-electron chi connectivity index (χ2n) is 5.09. The van der Waals surface area contributed by atoms with Gasteiger partial charge in [-0.25, -0.2) is 0 Å². The Hall–Kier alpha value is 0.1000. The predicted molar refractivity (Wildman–Crippen MR) is 87.0 cm³/mol. The summed E-state index contributed by atoms with van der Waals surface area (Å²) in [5, 5.41) is 0. The van der Waals surface area contributed by atoms with Crippen molar-refractivity contribution in [3.05, 3.63) is 31.8 Å². The third-order valence-electron chi connectivity index (χ3n) is 3.73. The van der Waals surface area contributed by atoms with Crippen molar-refractivity contribution in [2.24, 2.45) is 5.92 Å². The molecule has 2 rings (SSSR count). The van der Waals surface area contributed by atoms with E-state index in [0.717, 1.165) is 25.9 Å². The molecule has 0 N–H and O–H groups in total. The van der Waals surface area contributed by atoms with Crippen molar-refractivity contribution < 1.29 is 4.79 Å². The first-order valence-electron chi connectivity index (χ1n) is 6.65. The van der Waals surface area contributed by atoms with Crippen LogP contribution in [0, 0.1) is 9.49 Å². The molecule has 3 heteroatoms. The highest BCUT2D eigenvalue weighted by Gasteiger charge is 2.16. The fraction of sp³-hybridized carbons (Fsp3) is 0.533. The number of rotatable bonds is 4. The van der Waals surface area contributed by atoms with E-state index in [0.29, 0.717) is 6.42 Å². The normalized spacial score (nSPS) is 16.8. The summed E-state index contributed by atoms with van der Waals surface area (Å²) in [6.45, 7) is 0. The first-order chi connectivity index (χ1) is 8.66. The van der Waals surface area contributed by atoms with E-state index in [-0.39, 0.29) is 5.78 Å². The zero-order valence-corrected chi connectivity index (χ0v) is 14.2. The zero-order chi connectivity index (χ0) is 13.0. The van der Waals surface area contributed by atoms with Crippen LogP contribution in [-0.4, -0.2) is 5.78 Å². The van der Waals surface area contributed by atoms with E-state index in [1.54, 1.807) is 0 Å². The molecule has 98 valence electrons. The van der Waals surface area contributed by atoms with Crippen LogP contribution >= 0.6 is 38.5 Å². The summed E-state index contributed by atoms with van der Waals surface area (Å²) in [7, 11) is 0. The molecule has 18 heavy (non-hydrogen) atoms. The van der Waals surface area contributed by atoms with E-state index in [1.807, 2.05) is 18.2 Å². The molecule has 0 amide bonds. The maximum atomic E-state index is 12.2. The van der Waals surface area contributed by atoms with Gasteiger partial charge >= 0.3 is 0 Å². The summed E-state index contributed by atoms with van der Waals surface area (Å²) in [4.78, 5) is 12.2. The number of benzene rings is 1. The number of hydrogen-bond donors (Lipinski definition) is 0. The van der Waals surface area contributed by atoms with Crippen LogP contribution in [0.15, 0.2) is 22.7 Å². The van der Waals surface area contributed by atoms with Gasteiger partial charge in [-0.2, -0.15) is 0 Å². The van der Waals surface area contributed by atoms with E-state index in [4.69, 9.17) is 0 Å². The Balaban J connectivity index is 1.92. The largest absolute Gasteiger partial charge is 0.294 e. The Bertz CT molecular complexity index is 425. The topological polar surface area (TPSA) is 17.1 Å². The van der Waals surface area contributed by atoms with Crippen LogP contribution in [0.5, 0.6) is 0 Å². The van der Waals surface area contributed by atoms with Gasteiger partial charge in [-0.3, -0.25) is 4.79 Å². The first kappa shape index (κ1) is 14.5. The summed E-state index contributed by atoms with van der Waals surface area (Å²) in [6.07, 6.45) is 8.49. The van der Waals surface area contributed by atoms with Crippen molar-refractivity contribution in [1.82, 2.24) is 0 Å². The fourth-order valence-electron chi connectivity index (χ4n) is 2.66. The highest BCUT2D eigenvalue weighted by Crippen LogP contribution is 2.29. The molecule has 1 saturated carbocycles. The Morgan fingerprint density at radius 2 is 2.00 bits per heavy atom. The molecule has 1 nitrogen and oxygen atoms in total. The monoisotopic (exact) mass is 420 g/mol. The molecule has 0 heterocycles. The molecule has 0 aliphatic heterocycles. The van der Waals surface area contributed by atoms with Crippen LogP contribution < -0.4 is 0 Å². The molecule has 1 fully saturated rings. The first-order valence-corrected chi connectivity index (χ1v) is 8.52. The van der Waals surface area contributed by atoms with Crippen LogP contribution in [0.1, 0.15) is 55.3 Å². The van der Waals surface area contributed by atoms with Gasteiger partial charge in [0.2, 0.25) is 0 Å². The Kier molecular flexibility index (Phi) is 5.67. The summed E-state index contributed by atoms with van der Waals surface area (Å²) in [6, 6.07) is 5.96. The Morgan fingerprint density at radius 1 is 1.28 bits per heavy atom. The third-order valence-corrected chi connectivity index (χ3v) is 5.10. The molecule has 0 saturated heterocycles. The molecule has 0 atom stereocenters. The lowest BCUT2D eigenvalue weighted by Crippen LogP contribution is -2.09. The van der Waals surface area contributed by atoms with Gasteiger partial charge in [0.25, 0.3) is 0 Å². The SMILES string of the molecule is O=C(CCC1CCCCC1)c1cc(I)ccc1Br. The minimum absolute atomic E-state index is 0.283. The van der Waals surface area contributed by atoms with Gasteiger partial charge in [0.05, 0.1) is 0 Å². The second-order valence-corrected chi connectivity index (χ2v) is 7.19. The van der Waals surface area contributed by atoms with Crippen molar-refractivity contribution in [2.75, 3.05) is 0 Å². The summed E-state index contributed by atoms with van der Waals surface area (Å²) >= 11 is 5.73. The summed E-state index contributed by atoms with van der Waals surface area (Å²) in [5.74, 6) is 1.07. The summed E-state index contributed by atoms with van der Waals surface area (Å²) < 4.78 is 2.05. The summed E-state index contributed by atoms with van der Waals surface area (Å²) in [5.41, 5.74) is 0.845. The molecule has 1 aromatic rings. The molecule has 0 radical (unpaired) electrons. The average molecular weight is 421 g/mol. The minimum Gasteiger partial charge on any atom is -0.294 e. The maximum Gasteiger partial charge on any atom is 0.164 e. The van der Waals surface area contributed by atoms with E-state index in [1.165, 1.54) is 32.1 Å². The Morgan fingerprint density at radius 3 is 2.72 bits per heavy atom. The van der Waals surface area contributed by atoms with Gasteiger partial charge in [0, 0.05) is 20.0 Å². The smallest absolute Gasteiger partial charge is 0.164 e. The highest BCUT2D eigenvalue weighted by atomic mass is 127. The van der Waals surface area contributed by atoms with Crippen molar-refractivity contribution in [3.63, 3.8) is 0 Å². The lowest BCUT2D eigenvalue weighted by molar-refractivity contribution is 0.0969. The van der Waals surface area contributed by atoms with E-state index >= 15 is 0 Å². The standard InChI is InChI=1S/C15H18BrIO/c16-14-8-7-12(17)10-13(14)15(18)9-6-11-4-2-1-3-5-11/h7-8,10-11H,1-6,9H2. The van der Waals surface area contributed by atoms with Crippen molar-refractivity contribution in [2.45, 2.75) is 44.9 Å². The van der Waals surface area contributed by atoms with Crippen LogP contribution in [0.25, 0.3) is 0 Å². The van der Waals surface area contributed by atoms with Crippen LogP contribution in [-0.2, 0) is 0 Å². The third kappa shape index (κ3) is 4.05. The van der Waals surface area contributed by atoms with Crippen molar-refractivity contribution in [3.8, 4) is 0 Å². The van der Waals surface area contributed by atoms with E-state index < -0.39 is 0 Å². The quantitative estimate of drug-likeness (QED) is 0.457. The predicted octanol–water partition coefficient (Wildman–Crippen LogP) is 5.60. The average Bonchev–Trinajstić information content (AvgIpc) is 2.40. The van der Waals surface area contributed by atoms with Gasteiger partial charge < -0.3 is 0 Å². The van der Waals surface area contributed by atoms with Gasteiger partial charge in [0.1, 0.15) is 0 Å². The van der Waals surface area contributed by atoms with E-state index in [9.17, 15) is 4.79 Å². The fourth-order valence-corrected chi connectivity index (χ4v) is 3.62. The van der Waals surface area contributed by atoms with Crippen molar-refractivity contribution >= 4 is 44.3 Å². The van der Waals surface area contributed by atoms with Crippen LogP contribution in [0.3, 0.4) is 0 Å². The van der Waals surface area contributed by atoms with Gasteiger partial charge in [0.15, 0.2) is 5.78 Å². The molecular weight excluding hydrogens is 403 g/mol. The molecule has 0 bridgehead atoms. The molecule has 0 aromatic heterocycles. The molecule has 1 aliphatic rings. The molecule has 1 aromatic carbocycles. The Labute approximate surface area is 131 Å². The number of carbonyl (C=O) groups excluding carboxylic acids is 1. The van der Waals surface area contributed by atoms with Gasteiger partial charge in [-0.15, -0.1) is 0 Å². The lowest BCUT2D eigenvalue weighted by atomic mass is 9.85. The maximum absolute atomic E-state index is 12.2. The molecular formula is C15H18BrIO. The minimum atomic E-state index is 0.283. The second kappa shape index (κ2) is 7.04. The van der Waals surface area contributed by atoms with E-state index in [2.05, 4.69) is 38.5 Å². The van der Waals surface area contributed by atoms with Crippen LogP contribution in [0.4, 0.5) is 0 Å². The number of ketones is 1. The highest BCUT2D eigenvalue weighted by molar-refractivity contribution is 14.1. The molecule has 0 unspecified atom stereocenters. The number of halogens is 2. The van der Waals surface area contributed by atoms with Gasteiger partial charge in [-0.1, -0.05) is 48.0 Å². The molecule has 1 aliphatic carbocycles. The zero-order valence-electron chi connectivity index (χ0n) is 10.4. The lowest BCUT2D eigenvalue weighted by Gasteiger charge is -2.21. The number of hydrogen-bond acceptors (Lipinski definition) is 1. The molecule has 0 spiro atoms. The number of carbonyl (C=O) groups is 1. The van der Waals surface area contributed by atoms with Crippen molar-refractivity contribution in [1.29, 1.82) is 0 Å².